The Bertz CT molecular complexity index is 672. The number of carbonyl (C=O) groups excluding carboxylic acids is 1. The largest absolute Gasteiger partial charge is 0.457 e. The Balaban J connectivity index is 2.03. The number of urea groups is 1. The molecule has 108 valence electrons. The summed E-state index contributed by atoms with van der Waals surface area (Å²) in [6, 6.07) is 9.08. The van der Waals surface area contributed by atoms with E-state index in [9.17, 15) is 13.6 Å². The van der Waals surface area contributed by atoms with Crippen LogP contribution < -0.4 is 15.9 Å². The molecule has 0 unspecified atom stereocenters. The van der Waals surface area contributed by atoms with Crippen LogP contribution in [0.15, 0.2) is 47.6 Å². The van der Waals surface area contributed by atoms with Gasteiger partial charge in [-0.25, -0.2) is 19.0 Å². The molecule has 0 saturated heterocycles. The molecule has 0 spiro atoms. The fourth-order valence-corrected chi connectivity index (χ4v) is 1.47. The van der Waals surface area contributed by atoms with Gasteiger partial charge in [0, 0.05) is 6.07 Å². The lowest BCUT2D eigenvalue weighted by Gasteiger charge is -2.06. The number of primary amides is 1. The molecule has 21 heavy (non-hydrogen) atoms. The first-order valence-corrected chi connectivity index (χ1v) is 5.86. The van der Waals surface area contributed by atoms with Gasteiger partial charge in [0.1, 0.15) is 11.5 Å². The number of hydrazone groups is 1. The number of ether oxygens (including phenoxy) is 1. The first-order valence-electron chi connectivity index (χ1n) is 5.86. The van der Waals surface area contributed by atoms with Gasteiger partial charge in [-0.1, -0.05) is 0 Å². The topological polar surface area (TPSA) is 76.7 Å². The van der Waals surface area contributed by atoms with Crippen molar-refractivity contribution in [3.8, 4) is 11.5 Å². The summed E-state index contributed by atoms with van der Waals surface area (Å²) in [7, 11) is 0. The Morgan fingerprint density at radius 3 is 2.38 bits per heavy atom. The fourth-order valence-electron chi connectivity index (χ4n) is 1.47. The Labute approximate surface area is 119 Å². The second-order valence-electron chi connectivity index (χ2n) is 3.98. The van der Waals surface area contributed by atoms with E-state index in [1.54, 1.807) is 24.3 Å². The molecule has 2 rings (SSSR count). The van der Waals surface area contributed by atoms with Gasteiger partial charge in [0.15, 0.2) is 11.6 Å². The van der Waals surface area contributed by atoms with E-state index in [0.29, 0.717) is 11.3 Å². The van der Waals surface area contributed by atoms with E-state index in [1.165, 1.54) is 12.3 Å². The molecule has 5 nitrogen and oxygen atoms in total. The predicted molar refractivity (Wildman–Crippen MR) is 73.2 cm³/mol. The number of hydrogen-bond donors (Lipinski definition) is 2. The second-order valence-corrected chi connectivity index (χ2v) is 3.98. The van der Waals surface area contributed by atoms with Crippen LogP contribution in [0.3, 0.4) is 0 Å². The van der Waals surface area contributed by atoms with E-state index in [4.69, 9.17) is 10.5 Å². The van der Waals surface area contributed by atoms with Crippen LogP contribution in [0.25, 0.3) is 0 Å². The van der Waals surface area contributed by atoms with Crippen molar-refractivity contribution >= 4 is 12.2 Å². The van der Waals surface area contributed by atoms with Crippen LogP contribution in [0.2, 0.25) is 0 Å². The third-order valence-electron chi connectivity index (χ3n) is 2.40. The number of carbonyl (C=O) groups is 1. The predicted octanol–water partition coefficient (Wildman–Crippen LogP) is 2.76. The number of amides is 2. The monoisotopic (exact) mass is 291 g/mol. The van der Waals surface area contributed by atoms with Gasteiger partial charge >= 0.3 is 6.03 Å². The quantitative estimate of drug-likeness (QED) is 0.671. The van der Waals surface area contributed by atoms with Crippen LogP contribution in [-0.4, -0.2) is 12.2 Å². The molecular weight excluding hydrogens is 280 g/mol. The average Bonchev–Trinajstić information content (AvgIpc) is 2.44. The minimum atomic E-state index is -0.978. The number of benzene rings is 2. The zero-order chi connectivity index (χ0) is 15.2. The summed E-state index contributed by atoms with van der Waals surface area (Å²) >= 11 is 0. The molecule has 0 aliphatic heterocycles. The molecule has 0 radical (unpaired) electrons. The lowest BCUT2D eigenvalue weighted by molar-refractivity contribution is 0.249. The molecule has 0 fully saturated rings. The molecular formula is C14H11F2N3O2. The summed E-state index contributed by atoms with van der Waals surface area (Å²) in [5.74, 6) is -1.28. The van der Waals surface area contributed by atoms with Crippen LogP contribution in [-0.2, 0) is 0 Å². The summed E-state index contributed by atoms with van der Waals surface area (Å²) in [6.45, 7) is 0. The lowest BCUT2D eigenvalue weighted by Crippen LogP contribution is -2.24. The highest BCUT2D eigenvalue weighted by atomic mass is 19.2. The maximum atomic E-state index is 13.0. The van der Waals surface area contributed by atoms with Gasteiger partial charge in [-0.05, 0) is 42.0 Å². The highest BCUT2D eigenvalue weighted by molar-refractivity contribution is 5.81. The van der Waals surface area contributed by atoms with E-state index < -0.39 is 17.7 Å². The summed E-state index contributed by atoms with van der Waals surface area (Å²) in [6.07, 6.45) is 1.39. The molecule has 2 aromatic rings. The maximum Gasteiger partial charge on any atom is 0.332 e. The molecule has 7 heteroatoms. The second kappa shape index (κ2) is 6.47. The number of rotatable bonds is 4. The molecule has 0 aromatic heterocycles. The normalized spacial score (nSPS) is 10.6. The van der Waals surface area contributed by atoms with Crippen molar-refractivity contribution in [2.45, 2.75) is 0 Å². The highest BCUT2D eigenvalue weighted by Gasteiger charge is 2.04. The SMILES string of the molecule is NC(=O)NN=Cc1ccc(Oc2ccc(F)c(F)c2)cc1. The highest BCUT2D eigenvalue weighted by Crippen LogP contribution is 2.23. The summed E-state index contributed by atoms with van der Waals surface area (Å²) < 4.78 is 31.2. The Kier molecular flexibility index (Phi) is 4.45. The molecule has 0 atom stereocenters. The van der Waals surface area contributed by atoms with Crippen LogP contribution in [0.4, 0.5) is 13.6 Å². The summed E-state index contributed by atoms with van der Waals surface area (Å²) in [5.41, 5.74) is 7.60. The molecule has 0 aliphatic rings. The minimum Gasteiger partial charge on any atom is -0.457 e. The summed E-state index contributed by atoms with van der Waals surface area (Å²) in [4.78, 5) is 10.4. The first-order chi connectivity index (χ1) is 10.0. The third-order valence-corrected chi connectivity index (χ3v) is 2.40. The van der Waals surface area contributed by atoms with Crippen molar-refractivity contribution in [2.75, 3.05) is 0 Å². The number of hydrogen-bond acceptors (Lipinski definition) is 3. The van der Waals surface area contributed by atoms with Crippen LogP contribution in [0, 0.1) is 11.6 Å². The zero-order valence-corrected chi connectivity index (χ0v) is 10.7. The van der Waals surface area contributed by atoms with Crippen molar-refractivity contribution in [1.82, 2.24) is 5.43 Å². The number of nitrogens with one attached hydrogen (secondary N) is 1. The van der Waals surface area contributed by atoms with Gasteiger partial charge in [0.2, 0.25) is 0 Å². The van der Waals surface area contributed by atoms with E-state index in [0.717, 1.165) is 12.1 Å². The number of halogens is 2. The molecule has 0 bridgehead atoms. The van der Waals surface area contributed by atoms with Crippen LogP contribution in [0.5, 0.6) is 11.5 Å². The van der Waals surface area contributed by atoms with E-state index >= 15 is 0 Å². The van der Waals surface area contributed by atoms with Crippen molar-refractivity contribution in [1.29, 1.82) is 0 Å². The lowest BCUT2D eigenvalue weighted by atomic mass is 10.2. The van der Waals surface area contributed by atoms with Crippen molar-refractivity contribution in [3.63, 3.8) is 0 Å². The molecule has 0 saturated carbocycles. The minimum absolute atomic E-state index is 0.186. The maximum absolute atomic E-state index is 13.0. The van der Waals surface area contributed by atoms with Gasteiger partial charge in [0.05, 0.1) is 6.21 Å². The van der Waals surface area contributed by atoms with Crippen LogP contribution >= 0.6 is 0 Å². The Morgan fingerprint density at radius 2 is 1.76 bits per heavy atom. The smallest absolute Gasteiger partial charge is 0.332 e. The Hall–Kier alpha value is -2.96. The van der Waals surface area contributed by atoms with Gasteiger partial charge in [0.25, 0.3) is 0 Å². The average molecular weight is 291 g/mol. The fraction of sp³-hybridized carbons (Fsp3) is 0. The van der Waals surface area contributed by atoms with E-state index in [-0.39, 0.29) is 5.75 Å². The zero-order valence-electron chi connectivity index (χ0n) is 10.7. The van der Waals surface area contributed by atoms with E-state index in [2.05, 4.69) is 10.5 Å². The van der Waals surface area contributed by atoms with Crippen molar-refractivity contribution in [2.24, 2.45) is 10.8 Å². The van der Waals surface area contributed by atoms with Crippen LogP contribution in [0.1, 0.15) is 5.56 Å². The molecule has 0 heterocycles. The molecule has 3 N–H and O–H groups in total. The Morgan fingerprint density at radius 1 is 1.10 bits per heavy atom. The van der Waals surface area contributed by atoms with Crippen molar-refractivity contribution in [3.05, 3.63) is 59.7 Å². The van der Waals surface area contributed by atoms with Gasteiger partial charge in [-0.15, -0.1) is 0 Å². The molecule has 2 aromatic carbocycles. The number of nitrogens with zero attached hydrogens (tertiary/aromatic N) is 1. The molecule has 0 aliphatic carbocycles. The standard InChI is InChI=1S/C14H11F2N3O2/c15-12-6-5-11(7-13(12)16)21-10-3-1-9(2-4-10)8-18-19-14(17)20/h1-8H,(H3,17,19,20). The number of nitrogens with two attached hydrogens (primary N) is 1. The van der Waals surface area contributed by atoms with Gasteiger partial charge in [-0.3, -0.25) is 0 Å². The summed E-state index contributed by atoms with van der Waals surface area (Å²) in [5, 5.41) is 3.59. The van der Waals surface area contributed by atoms with E-state index in [1.807, 2.05) is 0 Å². The van der Waals surface area contributed by atoms with Gasteiger partial charge in [-0.2, -0.15) is 5.10 Å². The first kappa shape index (κ1) is 14.4. The molecule has 2 amide bonds. The third kappa shape index (κ3) is 4.27. The van der Waals surface area contributed by atoms with Gasteiger partial charge < -0.3 is 10.5 Å². The van der Waals surface area contributed by atoms with Crippen molar-refractivity contribution < 1.29 is 18.3 Å².